The number of sulfone groups is 1. The number of fused-ring (bicyclic) bond motifs is 1. The van der Waals surface area contributed by atoms with Crippen molar-refractivity contribution in [3.63, 3.8) is 0 Å². The highest BCUT2D eigenvalue weighted by Crippen LogP contribution is 2.37. The van der Waals surface area contributed by atoms with Crippen LogP contribution in [0.2, 0.25) is 0 Å². The number of hydrogen-bond acceptors (Lipinski definition) is 6. The number of benzene rings is 1. The first kappa shape index (κ1) is 21.1. The molecule has 1 saturated carbocycles. The molecule has 170 valence electrons. The van der Waals surface area contributed by atoms with Crippen molar-refractivity contribution in [2.24, 2.45) is 13.0 Å². The summed E-state index contributed by atoms with van der Waals surface area (Å²) in [6, 6.07) is 6.36. The molecule has 1 N–H and O–H groups in total. The van der Waals surface area contributed by atoms with Gasteiger partial charge in [-0.1, -0.05) is 6.07 Å². The molecule has 0 bridgehead atoms. The number of aromatic nitrogens is 4. The van der Waals surface area contributed by atoms with E-state index in [1.807, 2.05) is 6.07 Å². The zero-order valence-corrected chi connectivity index (χ0v) is 18.8. The van der Waals surface area contributed by atoms with Gasteiger partial charge in [-0.25, -0.2) is 8.42 Å². The molecule has 10 heteroatoms. The van der Waals surface area contributed by atoms with Gasteiger partial charge in [0.1, 0.15) is 6.04 Å². The molecule has 1 aliphatic carbocycles. The van der Waals surface area contributed by atoms with E-state index in [1.165, 1.54) is 0 Å². The van der Waals surface area contributed by atoms with Gasteiger partial charge in [-0.15, -0.1) is 0 Å². The predicted octanol–water partition coefficient (Wildman–Crippen LogP) is 2.70. The number of hydrogen-bond donors (Lipinski definition) is 1. The van der Waals surface area contributed by atoms with Crippen LogP contribution >= 0.6 is 0 Å². The van der Waals surface area contributed by atoms with Gasteiger partial charge in [0, 0.05) is 37.9 Å². The second kappa shape index (κ2) is 8.32. The maximum atomic E-state index is 13.4. The van der Waals surface area contributed by atoms with E-state index < -0.39 is 15.9 Å². The zero-order chi connectivity index (χ0) is 22.3. The van der Waals surface area contributed by atoms with Gasteiger partial charge in [0.15, 0.2) is 15.7 Å². The number of nitrogens with zero attached hydrogens (tertiary/aromatic N) is 4. The van der Waals surface area contributed by atoms with Crippen LogP contribution in [-0.2, 0) is 26.4 Å². The van der Waals surface area contributed by atoms with Gasteiger partial charge >= 0.3 is 0 Å². The normalized spacial score (nSPS) is 18.7. The second-order valence-corrected chi connectivity index (χ2v) is 10.9. The summed E-state index contributed by atoms with van der Waals surface area (Å²) in [7, 11) is -1.59. The van der Waals surface area contributed by atoms with Crippen molar-refractivity contribution in [3.05, 3.63) is 36.7 Å². The van der Waals surface area contributed by atoms with Gasteiger partial charge < -0.3 is 10.1 Å². The predicted molar refractivity (Wildman–Crippen MR) is 119 cm³/mol. The van der Waals surface area contributed by atoms with Crippen molar-refractivity contribution in [2.45, 2.75) is 48.3 Å². The molecule has 0 unspecified atom stereocenters. The van der Waals surface area contributed by atoms with Gasteiger partial charge in [0.05, 0.1) is 21.9 Å². The van der Waals surface area contributed by atoms with E-state index in [2.05, 4.69) is 15.5 Å². The Morgan fingerprint density at radius 3 is 2.69 bits per heavy atom. The molecule has 1 saturated heterocycles. The molecule has 32 heavy (non-hydrogen) atoms. The Morgan fingerprint density at radius 2 is 2.00 bits per heavy atom. The fourth-order valence-corrected chi connectivity index (χ4v) is 6.25. The van der Waals surface area contributed by atoms with Crippen molar-refractivity contribution in [1.29, 1.82) is 0 Å². The molecular weight excluding hydrogens is 430 g/mol. The van der Waals surface area contributed by atoms with E-state index in [1.54, 1.807) is 47.0 Å². The molecule has 9 nitrogen and oxygen atoms in total. The lowest BCUT2D eigenvalue weighted by Crippen LogP contribution is -2.30. The van der Waals surface area contributed by atoms with Crippen molar-refractivity contribution in [3.8, 4) is 0 Å². The molecule has 1 atom stereocenters. The van der Waals surface area contributed by atoms with Crippen LogP contribution in [0.25, 0.3) is 10.9 Å². The molecule has 3 aromatic rings. The number of anilines is 1. The number of aryl methyl sites for hydroxylation is 1. The van der Waals surface area contributed by atoms with E-state index in [0.717, 1.165) is 12.8 Å². The summed E-state index contributed by atoms with van der Waals surface area (Å²) in [6.45, 7) is 1.37. The maximum Gasteiger partial charge on any atom is 0.250 e. The van der Waals surface area contributed by atoms with Gasteiger partial charge in [-0.05, 0) is 50.2 Å². The minimum absolute atomic E-state index is 0.212. The third-order valence-corrected chi connectivity index (χ3v) is 8.65. The largest absolute Gasteiger partial charge is 0.381 e. The van der Waals surface area contributed by atoms with Crippen molar-refractivity contribution >= 4 is 32.5 Å². The number of amides is 1. The maximum absolute atomic E-state index is 13.4. The first-order valence-corrected chi connectivity index (χ1v) is 12.6. The number of rotatable bonds is 7. The summed E-state index contributed by atoms with van der Waals surface area (Å²) < 4.78 is 34.7. The molecule has 1 amide bonds. The van der Waals surface area contributed by atoms with Crippen LogP contribution in [0.4, 0.5) is 5.82 Å². The average molecular weight is 458 g/mol. The SMILES string of the molecule is Cn1ccc(NC(=O)[C@H](CC2CCOCC2)n2ncc3c(S(=O)(=O)C4CC4)cccc32)n1. The average Bonchev–Trinajstić information content (AvgIpc) is 3.46. The van der Waals surface area contributed by atoms with E-state index in [4.69, 9.17) is 4.74 Å². The van der Waals surface area contributed by atoms with Crippen molar-refractivity contribution in [1.82, 2.24) is 19.6 Å². The third-order valence-electron chi connectivity index (χ3n) is 6.33. The number of ether oxygens (including phenoxy) is 1. The molecule has 1 aliphatic heterocycles. The minimum Gasteiger partial charge on any atom is -0.381 e. The van der Waals surface area contributed by atoms with Gasteiger partial charge in [0.2, 0.25) is 5.91 Å². The fourth-order valence-electron chi connectivity index (χ4n) is 4.41. The number of carbonyl (C=O) groups is 1. The highest BCUT2D eigenvalue weighted by Gasteiger charge is 2.38. The Bertz CT molecular complexity index is 1240. The molecule has 0 radical (unpaired) electrons. The van der Waals surface area contributed by atoms with Crippen LogP contribution in [0.3, 0.4) is 0 Å². The number of carbonyl (C=O) groups excluding carboxylic acids is 1. The molecule has 2 aromatic heterocycles. The lowest BCUT2D eigenvalue weighted by molar-refractivity contribution is -0.120. The van der Waals surface area contributed by atoms with Crippen molar-refractivity contribution in [2.75, 3.05) is 18.5 Å². The van der Waals surface area contributed by atoms with Gasteiger partial charge in [-0.3, -0.25) is 14.2 Å². The van der Waals surface area contributed by atoms with E-state index >= 15 is 0 Å². The van der Waals surface area contributed by atoms with E-state index in [9.17, 15) is 13.2 Å². The minimum atomic E-state index is -3.38. The fraction of sp³-hybridized carbons (Fsp3) is 0.500. The van der Waals surface area contributed by atoms with Gasteiger partial charge in [-0.2, -0.15) is 10.2 Å². The van der Waals surface area contributed by atoms with E-state index in [-0.39, 0.29) is 11.2 Å². The molecule has 0 spiro atoms. The van der Waals surface area contributed by atoms with Crippen LogP contribution in [0.15, 0.2) is 41.6 Å². The summed E-state index contributed by atoms with van der Waals surface area (Å²) >= 11 is 0. The summed E-state index contributed by atoms with van der Waals surface area (Å²) in [5, 5.41) is 11.9. The molecule has 1 aromatic carbocycles. The van der Waals surface area contributed by atoms with Crippen LogP contribution in [0, 0.1) is 5.92 Å². The standard InChI is InChI=1S/C22H27N5O4S/c1-26-10-7-21(25-26)24-22(28)19(13-15-8-11-31-12-9-15)27-18-3-2-4-20(17(18)14-23-27)32(29,30)16-5-6-16/h2-4,7,10,14-16,19H,5-6,8-9,11-13H2,1H3,(H,24,25,28)/t19-/m0/s1. The molecule has 5 rings (SSSR count). The Kier molecular flexibility index (Phi) is 5.50. The van der Waals surface area contributed by atoms with Crippen LogP contribution in [0.5, 0.6) is 0 Å². The number of nitrogens with one attached hydrogen (secondary N) is 1. The topological polar surface area (TPSA) is 108 Å². The zero-order valence-electron chi connectivity index (χ0n) is 18.0. The molecule has 2 fully saturated rings. The molecule has 3 heterocycles. The summed E-state index contributed by atoms with van der Waals surface area (Å²) in [5.41, 5.74) is 0.653. The first-order chi connectivity index (χ1) is 15.4. The smallest absolute Gasteiger partial charge is 0.250 e. The Balaban J connectivity index is 1.52. The third kappa shape index (κ3) is 4.04. The highest BCUT2D eigenvalue weighted by molar-refractivity contribution is 7.92. The monoisotopic (exact) mass is 457 g/mol. The Hall–Kier alpha value is -2.72. The highest BCUT2D eigenvalue weighted by atomic mass is 32.2. The lowest BCUT2D eigenvalue weighted by atomic mass is 9.92. The molecular formula is C22H27N5O4S. The van der Waals surface area contributed by atoms with Gasteiger partial charge in [0.25, 0.3) is 0 Å². The first-order valence-electron chi connectivity index (χ1n) is 11.0. The summed E-state index contributed by atoms with van der Waals surface area (Å²) in [5.74, 6) is 0.583. The van der Waals surface area contributed by atoms with Crippen LogP contribution in [-0.4, -0.2) is 52.3 Å². The molecule has 2 aliphatic rings. The lowest BCUT2D eigenvalue weighted by Gasteiger charge is -2.26. The second-order valence-electron chi connectivity index (χ2n) is 8.69. The van der Waals surface area contributed by atoms with Crippen molar-refractivity contribution < 1.29 is 17.9 Å². The summed E-state index contributed by atoms with van der Waals surface area (Å²) in [6.07, 6.45) is 7.11. The van der Waals surface area contributed by atoms with Crippen LogP contribution < -0.4 is 5.32 Å². The van der Waals surface area contributed by atoms with Crippen LogP contribution in [0.1, 0.15) is 38.1 Å². The quantitative estimate of drug-likeness (QED) is 0.584. The Labute approximate surface area is 186 Å². The summed E-state index contributed by atoms with van der Waals surface area (Å²) in [4.78, 5) is 13.7. The van der Waals surface area contributed by atoms with E-state index in [0.29, 0.717) is 60.0 Å². The Morgan fingerprint density at radius 1 is 1.22 bits per heavy atom.